The smallest absolute Gasteiger partial charge is 0.132 e. The van der Waals surface area contributed by atoms with Crippen LogP contribution in [0.2, 0.25) is 0 Å². The molecule has 0 radical (unpaired) electrons. The Balaban J connectivity index is 1.41. The van der Waals surface area contributed by atoms with Crippen molar-refractivity contribution in [1.82, 2.24) is 14.9 Å². The van der Waals surface area contributed by atoms with Gasteiger partial charge in [-0.25, -0.2) is 9.97 Å². The molecule has 4 nitrogen and oxygen atoms in total. The number of unbranched alkanes of at least 4 members (excludes halogenated alkanes) is 4. The van der Waals surface area contributed by atoms with Gasteiger partial charge < -0.3 is 9.80 Å². The third-order valence-corrected chi connectivity index (χ3v) is 6.41. The summed E-state index contributed by atoms with van der Waals surface area (Å²) in [6.07, 6.45) is 15.0. The fourth-order valence-corrected chi connectivity index (χ4v) is 4.65. The summed E-state index contributed by atoms with van der Waals surface area (Å²) in [5, 5.41) is 0. The van der Waals surface area contributed by atoms with E-state index in [1.165, 1.54) is 76.7 Å². The van der Waals surface area contributed by atoms with E-state index in [-0.39, 0.29) is 0 Å². The molecule has 3 rings (SSSR count). The summed E-state index contributed by atoms with van der Waals surface area (Å²) < 4.78 is 0. The van der Waals surface area contributed by atoms with Crippen molar-refractivity contribution in [3.05, 3.63) is 18.1 Å². The normalized spacial score (nSPS) is 24.2. The zero-order valence-corrected chi connectivity index (χ0v) is 17.2. The average Bonchev–Trinajstić information content (AvgIpc) is 2.92. The van der Waals surface area contributed by atoms with E-state index < -0.39 is 0 Å². The molecule has 4 heteroatoms. The SMILES string of the molecule is CCC(C)CCCCCCCc1nccc(N2C3CCC2CN(C)C3)n1. The van der Waals surface area contributed by atoms with Crippen molar-refractivity contribution in [2.24, 2.45) is 5.92 Å². The highest BCUT2D eigenvalue weighted by Crippen LogP contribution is 2.33. The highest BCUT2D eigenvalue weighted by Gasteiger charge is 2.39. The van der Waals surface area contributed by atoms with E-state index >= 15 is 0 Å². The lowest BCUT2D eigenvalue weighted by Crippen LogP contribution is -2.52. The van der Waals surface area contributed by atoms with Crippen molar-refractivity contribution in [3.8, 4) is 0 Å². The minimum atomic E-state index is 0.645. The number of piperazine rings is 1. The van der Waals surface area contributed by atoms with Crippen LogP contribution in [0, 0.1) is 5.92 Å². The molecule has 3 atom stereocenters. The molecule has 2 bridgehead atoms. The van der Waals surface area contributed by atoms with Gasteiger partial charge in [-0.05, 0) is 38.3 Å². The fraction of sp³-hybridized carbons (Fsp3) is 0.818. The van der Waals surface area contributed by atoms with Gasteiger partial charge in [0.15, 0.2) is 0 Å². The summed E-state index contributed by atoms with van der Waals surface area (Å²) in [7, 11) is 2.25. The fourth-order valence-electron chi connectivity index (χ4n) is 4.65. The molecule has 146 valence electrons. The molecule has 2 aliphatic heterocycles. The van der Waals surface area contributed by atoms with Crippen LogP contribution in [0.15, 0.2) is 12.3 Å². The average molecular weight is 359 g/mol. The van der Waals surface area contributed by atoms with Crippen LogP contribution in [0.5, 0.6) is 0 Å². The van der Waals surface area contributed by atoms with Crippen LogP contribution < -0.4 is 4.90 Å². The predicted molar refractivity (Wildman–Crippen MR) is 110 cm³/mol. The van der Waals surface area contributed by atoms with Crippen LogP contribution in [-0.2, 0) is 6.42 Å². The van der Waals surface area contributed by atoms with E-state index in [0.717, 1.165) is 18.2 Å². The number of likely N-dealkylation sites (N-methyl/N-ethyl adjacent to an activating group) is 1. The van der Waals surface area contributed by atoms with Crippen LogP contribution in [0.25, 0.3) is 0 Å². The summed E-state index contributed by atoms with van der Waals surface area (Å²) in [6.45, 7) is 7.02. The lowest BCUT2D eigenvalue weighted by Gasteiger charge is -2.40. The second-order valence-corrected chi connectivity index (χ2v) is 8.66. The molecule has 1 aromatic heterocycles. The molecule has 2 saturated heterocycles. The van der Waals surface area contributed by atoms with Crippen LogP contribution in [0.1, 0.15) is 77.5 Å². The van der Waals surface area contributed by atoms with E-state index in [4.69, 9.17) is 4.98 Å². The molecule has 0 amide bonds. The number of nitrogens with zero attached hydrogens (tertiary/aromatic N) is 4. The molecule has 2 fully saturated rings. The van der Waals surface area contributed by atoms with Gasteiger partial charge >= 0.3 is 0 Å². The Morgan fingerprint density at radius 3 is 2.50 bits per heavy atom. The minimum absolute atomic E-state index is 0.645. The zero-order chi connectivity index (χ0) is 18.4. The topological polar surface area (TPSA) is 32.3 Å². The van der Waals surface area contributed by atoms with Gasteiger partial charge in [-0.1, -0.05) is 52.4 Å². The standard InChI is InChI=1S/C22H38N4/c1-4-18(2)10-8-6-5-7-9-11-21-23-15-14-22(24-21)26-19-12-13-20(26)17-25(3)16-19/h14-15,18-20H,4-13,16-17H2,1-3H3. The van der Waals surface area contributed by atoms with E-state index in [9.17, 15) is 0 Å². The summed E-state index contributed by atoms with van der Waals surface area (Å²) >= 11 is 0. The number of aryl methyl sites for hydroxylation is 1. The molecule has 3 unspecified atom stereocenters. The maximum atomic E-state index is 4.93. The van der Waals surface area contributed by atoms with Crippen molar-refractivity contribution >= 4 is 5.82 Å². The molecule has 2 aliphatic rings. The van der Waals surface area contributed by atoms with Gasteiger partial charge in [0.1, 0.15) is 11.6 Å². The van der Waals surface area contributed by atoms with E-state index in [1.54, 1.807) is 0 Å². The first-order valence-corrected chi connectivity index (χ1v) is 11.0. The van der Waals surface area contributed by atoms with Crippen molar-refractivity contribution in [3.63, 3.8) is 0 Å². The molecule has 3 heterocycles. The highest BCUT2D eigenvalue weighted by molar-refractivity contribution is 5.43. The van der Waals surface area contributed by atoms with Crippen LogP contribution in [0.3, 0.4) is 0 Å². The number of rotatable bonds is 10. The van der Waals surface area contributed by atoms with Crippen molar-refractivity contribution in [1.29, 1.82) is 0 Å². The lowest BCUT2D eigenvalue weighted by molar-refractivity contribution is 0.263. The molecular weight excluding hydrogens is 320 g/mol. The van der Waals surface area contributed by atoms with E-state index in [2.05, 4.69) is 41.7 Å². The van der Waals surface area contributed by atoms with Gasteiger partial charge in [0.05, 0.1) is 0 Å². The van der Waals surface area contributed by atoms with Gasteiger partial charge in [-0.2, -0.15) is 0 Å². The molecule has 0 saturated carbocycles. The van der Waals surface area contributed by atoms with Gasteiger partial charge in [-0.15, -0.1) is 0 Å². The number of hydrogen-bond acceptors (Lipinski definition) is 4. The lowest BCUT2D eigenvalue weighted by atomic mass is 10.00. The van der Waals surface area contributed by atoms with Crippen LogP contribution >= 0.6 is 0 Å². The third-order valence-electron chi connectivity index (χ3n) is 6.41. The first-order chi connectivity index (χ1) is 12.7. The molecule has 0 aromatic carbocycles. The Morgan fingerprint density at radius 1 is 1.08 bits per heavy atom. The number of likely N-dealkylation sites (tertiary alicyclic amines) is 1. The Labute approximate surface area is 160 Å². The second-order valence-electron chi connectivity index (χ2n) is 8.66. The van der Waals surface area contributed by atoms with Gasteiger partial charge in [0, 0.05) is 37.8 Å². The van der Waals surface area contributed by atoms with Crippen molar-refractivity contribution in [2.75, 3.05) is 25.0 Å². The largest absolute Gasteiger partial charge is 0.348 e. The summed E-state index contributed by atoms with van der Waals surface area (Å²) in [5.41, 5.74) is 0. The highest BCUT2D eigenvalue weighted by atomic mass is 15.3. The Morgan fingerprint density at radius 2 is 1.77 bits per heavy atom. The second kappa shape index (κ2) is 9.68. The molecule has 0 aliphatic carbocycles. The molecule has 0 spiro atoms. The molecule has 1 aromatic rings. The monoisotopic (exact) mass is 358 g/mol. The van der Waals surface area contributed by atoms with Crippen molar-refractivity contribution in [2.45, 2.75) is 90.1 Å². The molecule has 0 N–H and O–H groups in total. The van der Waals surface area contributed by atoms with Crippen LogP contribution in [-0.4, -0.2) is 47.1 Å². The van der Waals surface area contributed by atoms with E-state index in [1.807, 2.05) is 6.20 Å². The Bertz CT molecular complexity index is 533. The van der Waals surface area contributed by atoms with E-state index in [0.29, 0.717) is 12.1 Å². The van der Waals surface area contributed by atoms with Gasteiger partial charge in [0.2, 0.25) is 0 Å². The first kappa shape index (κ1) is 19.6. The number of aromatic nitrogens is 2. The first-order valence-electron chi connectivity index (χ1n) is 11.0. The Hall–Kier alpha value is -1.16. The van der Waals surface area contributed by atoms with Gasteiger partial charge in [0.25, 0.3) is 0 Å². The third kappa shape index (κ3) is 5.18. The van der Waals surface area contributed by atoms with Crippen LogP contribution in [0.4, 0.5) is 5.82 Å². The number of hydrogen-bond donors (Lipinski definition) is 0. The van der Waals surface area contributed by atoms with Crippen molar-refractivity contribution < 1.29 is 0 Å². The quantitative estimate of drug-likeness (QED) is 0.568. The molecular formula is C22H38N4. The minimum Gasteiger partial charge on any atom is -0.348 e. The zero-order valence-electron chi connectivity index (χ0n) is 17.2. The predicted octanol–water partition coefficient (Wildman–Crippen LogP) is 4.69. The number of fused-ring (bicyclic) bond motifs is 2. The maximum Gasteiger partial charge on any atom is 0.132 e. The summed E-state index contributed by atoms with van der Waals surface area (Å²) in [4.78, 5) is 14.5. The Kier molecular flexibility index (Phi) is 7.30. The molecule has 26 heavy (non-hydrogen) atoms. The van der Waals surface area contributed by atoms with Gasteiger partial charge in [-0.3, -0.25) is 0 Å². The summed E-state index contributed by atoms with van der Waals surface area (Å²) in [5.74, 6) is 3.11. The summed E-state index contributed by atoms with van der Waals surface area (Å²) in [6, 6.07) is 3.41. The number of anilines is 1. The maximum absolute atomic E-state index is 4.93.